The molecule has 0 aromatic carbocycles. The Bertz CT molecular complexity index is 394. The Morgan fingerprint density at radius 2 is 1.90 bits per heavy atom. The number of hydrogen-bond donors (Lipinski definition) is 1. The highest BCUT2D eigenvalue weighted by Gasteiger charge is 2.50. The Morgan fingerprint density at radius 1 is 1.30 bits per heavy atom. The molecule has 20 heavy (non-hydrogen) atoms. The van der Waals surface area contributed by atoms with Gasteiger partial charge in [0, 0.05) is 7.11 Å². The van der Waals surface area contributed by atoms with Gasteiger partial charge in [-0.25, -0.2) is 0 Å². The van der Waals surface area contributed by atoms with Crippen molar-refractivity contribution in [1.82, 2.24) is 10.2 Å². The quantitative estimate of drug-likeness (QED) is 0.830. The molecule has 0 aromatic heterocycles. The monoisotopic (exact) mass is 282 g/mol. The molecule has 0 bridgehead atoms. The van der Waals surface area contributed by atoms with E-state index in [0.29, 0.717) is 19.4 Å². The number of hydrogen-bond acceptors (Lipinski definition) is 3. The maximum Gasteiger partial charge on any atom is 0.249 e. The summed E-state index contributed by atoms with van der Waals surface area (Å²) in [6.07, 6.45) is 4.30. The van der Waals surface area contributed by atoms with E-state index in [0.717, 1.165) is 19.3 Å². The van der Waals surface area contributed by atoms with E-state index in [4.69, 9.17) is 4.74 Å². The zero-order valence-corrected chi connectivity index (χ0v) is 13.0. The lowest BCUT2D eigenvalue weighted by molar-refractivity contribution is -0.164. The molecule has 1 aliphatic carbocycles. The predicted octanol–water partition coefficient (Wildman–Crippen LogP) is 1.46. The van der Waals surface area contributed by atoms with Crippen molar-refractivity contribution in [3.63, 3.8) is 0 Å². The molecule has 2 amide bonds. The summed E-state index contributed by atoms with van der Waals surface area (Å²) in [5.74, 6) is -0.0169. The SMILES string of the molecule is CCC1(CC)NC(=O)C(C)N(CC2(OC)CCC2)C1=O. The van der Waals surface area contributed by atoms with Crippen molar-refractivity contribution < 1.29 is 14.3 Å². The van der Waals surface area contributed by atoms with Crippen molar-refractivity contribution in [3.05, 3.63) is 0 Å². The number of rotatable bonds is 5. The van der Waals surface area contributed by atoms with E-state index in [1.165, 1.54) is 0 Å². The predicted molar refractivity (Wildman–Crippen MR) is 76.2 cm³/mol. The molecule has 1 saturated carbocycles. The summed E-state index contributed by atoms with van der Waals surface area (Å²) in [7, 11) is 1.70. The minimum absolute atomic E-state index is 0.0397. The number of methoxy groups -OCH3 is 1. The average molecular weight is 282 g/mol. The fourth-order valence-electron chi connectivity index (χ4n) is 3.23. The number of carbonyl (C=O) groups is 2. The molecule has 5 heteroatoms. The summed E-state index contributed by atoms with van der Waals surface area (Å²) < 4.78 is 5.62. The molecule has 1 atom stereocenters. The summed E-state index contributed by atoms with van der Waals surface area (Å²) in [4.78, 5) is 26.8. The lowest BCUT2D eigenvalue weighted by Crippen LogP contribution is -2.71. The molecule has 1 saturated heterocycles. The summed E-state index contributed by atoms with van der Waals surface area (Å²) in [6.45, 7) is 6.22. The molecular weight excluding hydrogens is 256 g/mol. The van der Waals surface area contributed by atoms with Gasteiger partial charge >= 0.3 is 0 Å². The number of ether oxygens (including phenoxy) is 1. The van der Waals surface area contributed by atoms with Crippen molar-refractivity contribution in [1.29, 1.82) is 0 Å². The number of piperazine rings is 1. The largest absolute Gasteiger partial charge is 0.376 e. The van der Waals surface area contributed by atoms with E-state index in [-0.39, 0.29) is 17.4 Å². The highest BCUT2D eigenvalue weighted by atomic mass is 16.5. The maximum atomic E-state index is 12.9. The van der Waals surface area contributed by atoms with Gasteiger partial charge in [0.15, 0.2) is 0 Å². The van der Waals surface area contributed by atoms with Crippen molar-refractivity contribution in [3.8, 4) is 0 Å². The smallest absolute Gasteiger partial charge is 0.249 e. The van der Waals surface area contributed by atoms with Gasteiger partial charge in [0.2, 0.25) is 11.8 Å². The second kappa shape index (κ2) is 5.35. The summed E-state index contributed by atoms with van der Waals surface area (Å²) >= 11 is 0. The van der Waals surface area contributed by atoms with Crippen LogP contribution >= 0.6 is 0 Å². The van der Waals surface area contributed by atoms with E-state index in [1.807, 2.05) is 13.8 Å². The van der Waals surface area contributed by atoms with Gasteiger partial charge in [0.25, 0.3) is 0 Å². The third-order valence-electron chi connectivity index (χ3n) is 5.24. The zero-order chi connectivity index (χ0) is 15.0. The van der Waals surface area contributed by atoms with Crippen LogP contribution in [0.5, 0.6) is 0 Å². The van der Waals surface area contributed by atoms with E-state index in [1.54, 1.807) is 18.9 Å². The molecule has 1 N–H and O–H groups in total. The van der Waals surface area contributed by atoms with Crippen molar-refractivity contribution >= 4 is 11.8 Å². The van der Waals surface area contributed by atoms with Gasteiger partial charge in [0.1, 0.15) is 11.6 Å². The Labute approximate surface area is 121 Å². The molecule has 2 aliphatic rings. The van der Waals surface area contributed by atoms with Crippen LogP contribution in [-0.4, -0.2) is 47.6 Å². The first-order valence-corrected chi connectivity index (χ1v) is 7.62. The highest BCUT2D eigenvalue weighted by molar-refractivity contribution is 5.99. The minimum atomic E-state index is -0.734. The second-order valence-electron chi connectivity index (χ2n) is 6.13. The third-order valence-corrected chi connectivity index (χ3v) is 5.24. The standard InChI is InChI=1S/C15H26N2O3/c1-5-15(6-2)13(19)17(11(3)12(18)16-15)10-14(20-4)8-7-9-14/h11H,5-10H2,1-4H3,(H,16,18). The Hall–Kier alpha value is -1.10. The lowest BCUT2D eigenvalue weighted by Gasteiger charge is -2.50. The second-order valence-corrected chi connectivity index (χ2v) is 6.13. The number of nitrogens with zero attached hydrogens (tertiary/aromatic N) is 1. The van der Waals surface area contributed by atoms with E-state index in [2.05, 4.69) is 5.32 Å². The van der Waals surface area contributed by atoms with Crippen molar-refractivity contribution in [2.24, 2.45) is 0 Å². The molecule has 0 spiro atoms. The van der Waals surface area contributed by atoms with Gasteiger partial charge < -0.3 is 15.0 Å². The fourth-order valence-corrected chi connectivity index (χ4v) is 3.23. The maximum absolute atomic E-state index is 12.9. The van der Waals surface area contributed by atoms with Gasteiger partial charge in [-0.3, -0.25) is 9.59 Å². The van der Waals surface area contributed by atoms with Crippen LogP contribution in [0.3, 0.4) is 0 Å². The van der Waals surface area contributed by atoms with Crippen molar-refractivity contribution in [2.45, 2.75) is 70.1 Å². The van der Waals surface area contributed by atoms with Gasteiger partial charge in [-0.05, 0) is 39.0 Å². The van der Waals surface area contributed by atoms with Crippen LogP contribution in [-0.2, 0) is 14.3 Å². The molecule has 0 radical (unpaired) electrons. The molecule has 1 heterocycles. The van der Waals surface area contributed by atoms with E-state index in [9.17, 15) is 9.59 Å². The summed E-state index contributed by atoms with van der Waals surface area (Å²) in [5, 5.41) is 2.93. The van der Waals surface area contributed by atoms with Crippen LogP contribution in [0.1, 0.15) is 52.9 Å². The summed E-state index contributed by atoms with van der Waals surface area (Å²) in [6, 6.07) is -0.415. The van der Waals surface area contributed by atoms with Gasteiger partial charge in [-0.2, -0.15) is 0 Å². The van der Waals surface area contributed by atoms with Gasteiger partial charge in [-0.15, -0.1) is 0 Å². The first kappa shape index (κ1) is 15.3. The molecular formula is C15H26N2O3. The molecule has 0 aromatic rings. The van der Waals surface area contributed by atoms with Gasteiger partial charge in [-0.1, -0.05) is 13.8 Å². The molecule has 114 valence electrons. The normalized spacial score (nSPS) is 28.0. The average Bonchev–Trinajstić information content (AvgIpc) is 2.42. The first-order chi connectivity index (χ1) is 9.43. The van der Waals surface area contributed by atoms with Gasteiger partial charge in [0.05, 0.1) is 12.1 Å². The molecule has 2 fully saturated rings. The summed E-state index contributed by atoms with van der Waals surface area (Å²) in [5.41, 5.74) is -0.975. The van der Waals surface area contributed by atoms with E-state index < -0.39 is 11.6 Å². The molecule has 5 nitrogen and oxygen atoms in total. The van der Waals surface area contributed by atoms with Crippen LogP contribution in [0.4, 0.5) is 0 Å². The Morgan fingerprint density at radius 3 is 2.30 bits per heavy atom. The van der Waals surface area contributed by atoms with E-state index >= 15 is 0 Å². The lowest BCUT2D eigenvalue weighted by atomic mass is 9.78. The van der Waals surface area contributed by atoms with Crippen LogP contribution in [0, 0.1) is 0 Å². The first-order valence-electron chi connectivity index (χ1n) is 7.62. The Balaban J connectivity index is 2.24. The number of amides is 2. The molecule has 1 aliphatic heterocycles. The molecule has 1 unspecified atom stereocenters. The zero-order valence-electron chi connectivity index (χ0n) is 13.0. The van der Waals surface area contributed by atoms with Crippen LogP contribution in [0.25, 0.3) is 0 Å². The van der Waals surface area contributed by atoms with Crippen LogP contribution < -0.4 is 5.32 Å². The number of nitrogens with one attached hydrogen (secondary N) is 1. The van der Waals surface area contributed by atoms with Crippen LogP contribution in [0.15, 0.2) is 0 Å². The highest BCUT2D eigenvalue weighted by Crippen LogP contribution is 2.37. The topological polar surface area (TPSA) is 58.6 Å². The minimum Gasteiger partial charge on any atom is -0.376 e. The van der Waals surface area contributed by atoms with Crippen LogP contribution in [0.2, 0.25) is 0 Å². The number of carbonyl (C=O) groups excluding carboxylic acids is 2. The van der Waals surface area contributed by atoms with Crippen molar-refractivity contribution in [2.75, 3.05) is 13.7 Å². The fraction of sp³-hybridized carbons (Fsp3) is 0.867. The third kappa shape index (κ3) is 2.22. The Kier molecular flexibility index (Phi) is 4.09. The molecule has 2 rings (SSSR count).